The van der Waals surface area contributed by atoms with Gasteiger partial charge in [-0.05, 0) is 35.9 Å². The molecule has 0 atom stereocenters. The van der Waals surface area contributed by atoms with E-state index in [1.165, 1.54) is 11.8 Å². The van der Waals surface area contributed by atoms with Crippen LogP contribution in [0.1, 0.15) is 5.56 Å². The summed E-state index contributed by atoms with van der Waals surface area (Å²) in [5.41, 5.74) is 3.39. The topological polar surface area (TPSA) is 59.9 Å². The van der Waals surface area contributed by atoms with E-state index in [1.807, 2.05) is 60.7 Å². The van der Waals surface area contributed by atoms with Gasteiger partial charge in [-0.1, -0.05) is 71.4 Å². The van der Waals surface area contributed by atoms with Gasteiger partial charge in [0.15, 0.2) is 5.16 Å². The zero-order chi connectivity index (χ0) is 22.2. The number of ether oxygens (including phenoxy) is 1. The van der Waals surface area contributed by atoms with Crippen molar-refractivity contribution in [3.8, 4) is 11.4 Å². The van der Waals surface area contributed by atoms with Crippen LogP contribution in [0.25, 0.3) is 27.6 Å². The number of nitrogens with zero attached hydrogens (tertiary/aromatic N) is 2. The molecule has 0 aliphatic carbocycles. The summed E-state index contributed by atoms with van der Waals surface area (Å²) in [6.07, 6.45) is 0. The molecular weight excluding hydrogens is 465 g/mol. The summed E-state index contributed by atoms with van der Waals surface area (Å²) < 4.78 is 7.13. The second-order valence-electron chi connectivity index (χ2n) is 7.14. The van der Waals surface area contributed by atoms with E-state index in [9.17, 15) is 4.79 Å². The molecular formula is C24H17Cl2N3O2S. The largest absolute Gasteiger partial charge is 0.495 e. The van der Waals surface area contributed by atoms with Crippen molar-refractivity contribution >= 4 is 56.9 Å². The predicted octanol–water partition coefficient (Wildman–Crippen LogP) is 6.47. The van der Waals surface area contributed by atoms with Gasteiger partial charge in [0.1, 0.15) is 16.8 Å². The van der Waals surface area contributed by atoms with Crippen LogP contribution in [0.4, 0.5) is 0 Å². The van der Waals surface area contributed by atoms with Crippen molar-refractivity contribution in [3.05, 3.63) is 92.7 Å². The van der Waals surface area contributed by atoms with Gasteiger partial charge in [0.25, 0.3) is 5.56 Å². The number of benzene rings is 3. The van der Waals surface area contributed by atoms with Gasteiger partial charge >= 0.3 is 0 Å². The van der Waals surface area contributed by atoms with Crippen molar-refractivity contribution in [2.45, 2.75) is 10.9 Å². The molecule has 5 nitrogen and oxygen atoms in total. The average Bonchev–Trinajstić information content (AvgIpc) is 3.19. The number of fused-ring (bicyclic) bond motifs is 3. The number of H-pyrrole nitrogens is 1. The monoisotopic (exact) mass is 481 g/mol. The van der Waals surface area contributed by atoms with Crippen molar-refractivity contribution in [3.63, 3.8) is 0 Å². The van der Waals surface area contributed by atoms with Gasteiger partial charge in [0.05, 0.1) is 22.8 Å². The van der Waals surface area contributed by atoms with Crippen molar-refractivity contribution in [1.29, 1.82) is 0 Å². The number of aromatic amines is 1. The quantitative estimate of drug-likeness (QED) is 0.230. The Morgan fingerprint density at radius 2 is 1.81 bits per heavy atom. The summed E-state index contributed by atoms with van der Waals surface area (Å²) in [6.45, 7) is 0. The van der Waals surface area contributed by atoms with Crippen LogP contribution in [-0.4, -0.2) is 21.6 Å². The molecule has 1 N–H and O–H groups in total. The van der Waals surface area contributed by atoms with Crippen LogP contribution in [0.15, 0.2) is 76.7 Å². The molecule has 5 rings (SSSR count). The molecule has 8 heteroatoms. The highest BCUT2D eigenvalue weighted by atomic mass is 35.5. The predicted molar refractivity (Wildman–Crippen MR) is 132 cm³/mol. The lowest BCUT2D eigenvalue weighted by atomic mass is 10.2. The summed E-state index contributed by atoms with van der Waals surface area (Å²) in [7, 11) is 1.58. The minimum Gasteiger partial charge on any atom is -0.495 e. The molecule has 2 heterocycles. The summed E-state index contributed by atoms with van der Waals surface area (Å²) in [5, 5.41) is 2.46. The molecule has 0 bridgehead atoms. The van der Waals surface area contributed by atoms with Gasteiger partial charge < -0.3 is 9.72 Å². The molecule has 32 heavy (non-hydrogen) atoms. The molecule has 0 aliphatic rings. The van der Waals surface area contributed by atoms with Crippen LogP contribution in [0, 0.1) is 0 Å². The highest BCUT2D eigenvalue weighted by Crippen LogP contribution is 2.32. The molecule has 0 saturated heterocycles. The molecule has 0 aliphatic heterocycles. The van der Waals surface area contributed by atoms with Gasteiger partial charge in [-0.2, -0.15) is 0 Å². The maximum atomic E-state index is 13.7. The highest BCUT2D eigenvalue weighted by Gasteiger charge is 2.19. The molecule has 0 fully saturated rings. The Morgan fingerprint density at radius 3 is 2.62 bits per heavy atom. The Labute approximate surface area is 198 Å². The lowest BCUT2D eigenvalue weighted by Crippen LogP contribution is -2.22. The first-order valence-corrected chi connectivity index (χ1v) is 11.5. The summed E-state index contributed by atoms with van der Waals surface area (Å²) >= 11 is 13.7. The minimum absolute atomic E-state index is 0.188. The van der Waals surface area contributed by atoms with Crippen LogP contribution in [0.2, 0.25) is 10.0 Å². The molecule has 5 aromatic rings. The van der Waals surface area contributed by atoms with E-state index in [4.69, 9.17) is 32.9 Å². The molecule has 0 amide bonds. The van der Waals surface area contributed by atoms with E-state index >= 15 is 0 Å². The van der Waals surface area contributed by atoms with Crippen LogP contribution >= 0.6 is 35.0 Å². The number of hydrogen-bond acceptors (Lipinski definition) is 4. The van der Waals surface area contributed by atoms with Crippen molar-refractivity contribution in [2.24, 2.45) is 0 Å². The first kappa shape index (κ1) is 20.9. The Hall–Kier alpha value is -2.93. The highest BCUT2D eigenvalue weighted by molar-refractivity contribution is 7.98. The number of hydrogen-bond donors (Lipinski definition) is 1. The Balaban J connectivity index is 1.72. The lowest BCUT2D eigenvalue weighted by Gasteiger charge is -2.15. The lowest BCUT2D eigenvalue weighted by molar-refractivity contribution is 0.411. The van der Waals surface area contributed by atoms with E-state index in [2.05, 4.69) is 4.98 Å². The van der Waals surface area contributed by atoms with Crippen LogP contribution in [0.5, 0.6) is 5.75 Å². The van der Waals surface area contributed by atoms with E-state index in [0.717, 1.165) is 16.5 Å². The molecule has 160 valence electrons. The molecule has 3 aromatic carbocycles. The second kappa shape index (κ2) is 8.54. The molecule has 0 spiro atoms. The molecule has 0 radical (unpaired) electrons. The first-order chi connectivity index (χ1) is 15.6. The number of aromatic nitrogens is 3. The second-order valence-corrected chi connectivity index (χ2v) is 8.90. The number of halogens is 2. The van der Waals surface area contributed by atoms with Crippen LogP contribution < -0.4 is 10.3 Å². The molecule has 0 saturated carbocycles. The van der Waals surface area contributed by atoms with Gasteiger partial charge in [-0.25, -0.2) is 9.55 Å². The zero-order valence-corrected chi connectivity index (χ0v) is 19.3. The van der Waals surface area contributed by atoms with Crippen molar-refractivity contribution < 1.29 is 4.74 Å². The van der Waals surface area contributed by atoms with E-state index < -0.39 is 0 Å². The van der Waals surface area contributed by atoms with Gasteiger partial charge in [0.2, 0.25) is 0 Å². The fourth-order valence-corrected chi connectivity index (χ4v) is 4.91. The third kappa shape index (κ3) is 3.64. The SMILES string of the molecule is COc1ccccc1-n1c(SCc2ccc(Cl)c(Cl)c2)nc2c([nH]c3ccccc32)c1=O. The standard InChI is InChI=1S/C24H17Cl2N3O2S/c1-31-20-9-5-4-8-19(20)29-23(30)22-21(15-6-2-3-7-18(15)27-22)28-24(29)32-13-14-10-11-16(25)17(26)12-14/h2-12,27H,13H2,1H3. The number of para-hydroxylation sites is 3. The summed E-state index contributed by atoms with van der Waals surface area (Å²) in [6, 6.07) is 20.7. The molecule has 0 unspecified atom stereocenters. The van der Waals surface area contributed by atoms with Crippen LogP contribution in [-0.2, 0) is 5.75 Å². The number of nitrogens with one attached hydrogen (secondary N) is 1. The normalized spacial score (nSPS) is 11.3. The average molecular weight is 482 g/mol. The van der Waals surface area contributed by atoms with E-state index in [1.54, 1.807) is 17.7 Å². The Bertz CT molecular complexity index is 1530. The summed E-state index contributed by atoms with van der Waals surface area (Å²) in [4.78, 5) is 21.8. The van der Waals surface area contributed by atoms with Gasteiger partial charge in [-0.15, -0.1) is 0 Å². The number of thioether (sulfide) groups is 1. The minimum atomic E-state index is -0.188. The Kier molecular flexibility index (Phi) is 5.59. The molecule has 2 aromatic heterocycles. The maximum Gasteiger partial charge on any atom is 0.283 e. The fourth-order valence-electron chi connectivity index (χ4n) is 3.64. The smallest absolute Gasteiger partial charge is 0.283 e. The fraction of sp³-hybridized carbons (Fsp3) is 0.0833. The van der Waals surface area contributed by atoms with Crippen molar-refractivity contribution in [1.82, 2.24) is 14.5 Å². The summed E-state index contributed by atoms with van der Waals surface area (Å²) in [5.74, 6) is 1.15. The van der Waals surface area contributed by atoms with E-state index in [0.29, 0.717) is 43.4 Å². The number of methoxy groups -OCH3 is 1. The van der Waals surface area contributed by atoms with Gasteiger partial charge in [0, 0.05) is 16.7 Å². The van der Waals surface area contributed by atoms with Crippen molar-refractivity contribution in [2.75, 3.05) is 7.11 Å². The maximum absolute atomic E-state index is 13.7. The van der Waals surface area contributed by atoms with Crippen LogP contribution in [0.3, 0.4) is 0 Å². The number of rotatable bonds is 5. The first-order valence-electron chi connectivity index (χ1n) is 9.80. The zero-order valence-electron chi connectivity index (χ0n) is 16.9. The van der Waals surface area contributed by atoms with E-state index in [-0.39, 0.29) is 5.56 Å². The third-order valence-electron chi connectivity index (χ3n) is 5.17. The third-order valence-corrected chi connectivity index (χ3v) is 6.92. The Morgan fingerprint density at radius 1 is 1.03 bits per heavy atom. The van der Waals surface area contributed by atoms with Gasteiger partial charge in [-0.3, -0.25) is 4.79 Å².